The molecule has 0 fully saturated rings. The van der Waals surface area contributed by atoms with Crippen molar-refractivity contribution < 1.29 is 0 Å². The van der Waals surface area contributed by atoms with Gasteiger partial charge >= 0.3 is 5.69 Å². The Morgan fingerprint density at radius 1 is 1.40 bits per heavy atom. The van der Waals surface area contributed by atoms with E-state index < -0.39 is 11.2 Å². The number of nitrogens with one attached hydrogen (secondary N) is 2. The highest BCUT2D eigenvalue weighted by molar-refractivity contribution is 5.60. The molecular formula is C12H18N6O2. The lowest BCUT2D eigenvalue weighted by Crippen LogP contribution is -2.34. The van der Waals surface area contributed by atoms with Gasteiger partial charge in [-0.25, -0.2) is 9.78 Å². The molecule has 2 aromatic heterocycles. The average Bonchev–Trinajstić information content (AvgIpc) is 2.91. The number of nitrogen functional groups attached to an aromatic ring is 1. The molecule has 0 bridgehead atoms. The molecule has 0 unspecified atom stereocenters. The van der Waals surface area contributed by atoms with Crippen LogP contribution in [0.25, 0.3) is 0 Å². The van der Waals surface area contributed by atoms with Crippen LogP contribution in [-0.4, -0.2) is 25.6 Å². The Bertz CT molecular complexity index is 670. The predicted molar refractivity (Wildman–Crippen MR) is 76.7 cm³/mol. The van der Waals surface area contributed by atoms with E-state index in [0.29, 0.717) is 19.6 Å². The van der Waals surface area contributed by atoms with Crippen LogP contribution in [0.15, 0.2) is 28.3 Å². The molecule has 2 heterocycles. The van der Waals surface area contributed by atoms with Crippen LogP contribution in [0.3, 0.4) is 0 Å². The molecule has 0 aromatic carbocycles. The second-order valence-corrected chi connectivity index (χ2v) is 4.40. The van der Waals surface area contributed by atoms with Crippen LogP contribution in [0.1, 0.15) is 13.3 Å². The molecule has 0 aliphatic heterocycles. The van der Waals surface area contributed by atoms with Crippen molar-refractivity contribution in [3.63, 3.8) is 0 Å². The molecule has 108 valence electrons. The number of nitrogens with two attached hydrogens (primary N) is 1. The Hall–Kier alpha value is -2.51. The lowest BCUT2D eigenvalue weighted by molar-refractivity contribution is 0.641. The third-order valence-corrected chi connectivity index (χ3v) is 2.92. The van der Waals surface area contributed by atoms with Gasteiger partial charge in [-0.15, -0.1) is 0 Å². The number of hydrogen-bond acceptors (Lipinski definition) is 5. The number of aromatic amines is 1. The molecule has 0 aliphatic rings. The van der Waals surface area contributed by atoms with Gasteiger partial charge in [0.1, 0.15) is 11.5 Å². The van der Waals surface area contributed by atoms with Crippen LogP contribution in [0, 0.1) is 0 Å². The van der Waals surface area contributed by atoms with Crippen LogP contribution in [0.5, 0.6) is 0 Å². The third kappa shape index (κ3) is 2.90. The molecule has 0 radical (unpaired) electrons. The third-order valence-electron chi connectivity index (χ3n) is 2.92. The maximum Gasteiger partial charge on any atom is 0.330 e. The van der Waals surface area contributed by atoms with Crippen molar-refractivity contribution in [3.05, 3.63) is 39.6 Å². The van der Waals surface area contributed by atoms with Gasteiger partial charge in [0, 0.05) is 32.0 Å². The van der Waals surface area contributed by atoms with Gasteiger partial charge in [0.25, 0.3) is 5.56 Å². The van der Waals surface area contributed by atoms with Gasteiger partial charge < -0.3 is 15.6 Å². The number of imidazole rings is 1. The highest BCUT2D eigenvalue weighted by Gasteiger charge is 2.11. The highest BCUT2D eigenvalue weighted by atomic mass is 16.2. The molecule has 0 spiro atoms. The lowest BCUT2D eigenvalue weighted by atomic mass is 10.4. The summed E-state index contributed by atoms with van der Waals surface area (Å²) in [6.07, 6.45) is 5.95. The van der Waals surface area contributed by atoms with Crippen molar-refractivity contribution in [1.82, 2.24) is 19.1 Å². The van der Waals surface area contributed by atoms with Crippen LogP contribution < -0.4 is 22.3 Å². The summed E-state index contributed by atoms with van der Waals surface area (Å²) in [5.74, 6) is 0.172. The number of H-pyrrole nitrogens is 1. The monoisotopic (exact) mass is 278 g/mol. The summed E-state index contributed by atoms with van der Waals surface area (Å²) in [6.45, 7) is 3.56. The zero-order chi connectivity index (χ0) is 14.5. The van der Waals surface area contributed by atoms with E-state index in [1.165, 1.54) is 4.57 Å². The Morgan fingerprint density at radius 2 is 2.20 bits per heavy atom. The van der Waals surface area contributed by atoms with Crippen molar-refractivity contribution >= 4 is 11.5 Å². The minimum Gasteiger partial charge on any atom is -0.383 e. The van der Waals surface area contributed by atoms with E-state index in [1.54, 1.807) is 12.5 Å². The fourth-order valence-corrected chi connectivity index (χ4v) is 1.93. The largest absolute Gasteiger partial charge is 0.383 e. The van der Waals surface area contributed by atoms with Gasteiger partial charge in [0.15, 0.2) is 0 Å². The summed E-state index contributed by atoms with van der Waals surface area (Å²) in [4.78, 5) is 29.6. The topological polar surface area (TPSA) is 111 Å². The lowest BCUT2D eigenvalue weighted by Gasteiger charge is -2.13. The predicted octanol–water partition coefficient (Wildman–Crippen LogP) is -0.163. The maximum atomic E-state index is 11.8. The number of aromatic nitrogens is 4. The summed E-state index contributed by atoms with van der Waals surface area (Å²) in [5.41, 5.74) is 5.15. The smallest absolute Gasteiger partial charge is 0.330 e. The summed E-state index contributed by atoms with van der Waals surface area (Å²) in [6, 6.07) is 0. The van der Waals surface area contributed by atoms with Crippen LogP contribution >= 0.6 is 0 Å². The normalized spacial score (nSPS) is 10.7. The SMILES string of the molecule is CCCn1c(N)c(NCCn2ccnc2)c(=O)[nH]c1=O. The summed E-state index contributed by atoms with van der Waals surface area (Å²) >= 11 is 0. The number of nitrogens with zero attached hydrogens (tertiary/aromatic N) is 3. The molecule has 20 heavy (non-hydrogen) atoms. The van der Waals surface area contributed by atoms with Gasteiger partial charge in [-0.3, -0.25) is 14.3 Å². The van der Waals surface area contributed by atoms with Gasteiger partial charge in [0.05, 0.1) is 6.33 Å². The molecule has 2 aromatic rings. The van der Waals surface area contributed by atoms with E-state index in [0.717, 1.165) is 6.42 Å². The second-order valence-electron chi connectivity index (χ2n) is 4.40. The molecule has 2 rings (SSSR count). The number of hydrogen-bond donors (Lipinski definition) is 3. The molecule has 0 amide bonds. The van der Waals surface area contributed by atoms with Gasteiger partial charge in [-0.2, -0.15) is 0 Å². The standard InChI is InChI=1S/C12H18N6O2/c1-2-5-18-10(13)9(11(19)16-12(18)20)15-4-7-17-6-3-14-8-17/h3,6,8,15H,2,4-5,7,13H2,1H3,(H,16,19,20). The Morgan fingerprint density at radius 3 is 2.85 bits per heavy atom. The molecule has 4 N–H and O–H groups in total. The number of rotatable bonds is 6. The molecule has 0 saturated carbocycles. The quantitative estimate of drug-likeness (QED) is 0.680. The van der Waals surface area contributed by atoms with Gasteiger partial charge in [-0.1, -0.05) is 6.92 Å². The van der Waals surface area contributed by atoms with Crippen molar-refractivity contribution in [2.45, 2.75) is 26.4 Å². The average molecular weight is 278 g/mol. The fraction of sp³-hybridized carbons (Fsp3) is 0.417. The zero-order valence-electron chi connectivity index (χ0n) is 11.3. The first-order chi connectivity index (χ1) is 9.63. The van der Waals surface area contributed by atoms with Gasteiger partial charge in [0.2, 0.25) is 0 Å². The van der Waals surface area contributed by atoms with Crippen molar-refractivity contribution in [1.29, 1.82) is 0 Å². The minimum atomic E-state index is -0.495. The Kier molecular flexibility index (Phi) is 4.24. The van der Waals surface area contributed by atoms with Crippen LogP contribution in [-0.2, 0) is 13.1 Å². The zero-order valence-corrected chi connectivity index (χ0v) is 11.3. The molecule has 0 saturated heterocycles. The minimum absolute atomic E-state index is 0.172. The van der Waals surface area contributed by atoms with E-state index in [4.69, 9.17) is 5.73 Å². The van der Waals surface area contributed by atoms with Crippen LogP contribution in [0.2, 0.25) is 0 Å². The summed E-state index contributed by atoms with van der Waals surface area (Å²) in [5, 5.41) is 2.97. The molecule has 0 atom stereocenters. The van der Waals surface area contributed by atoms with Gasteiger partial charge in [-0.05, 0) is 6.42 Å². The first-order valence-electron chi connectivity index (χ1n) is 6.45. The van der Waals surface area contributed by atoms with E-state index in [2.05, 4.69) is 15.3 Å². The molecule has 8 nitrogen and oxygen atoms in total. The molecular weight excluding hydrogens is 260 g/mol. The molecule has 8 heteroatoms. The van der Waals surface area contributed by atoms with Crippen molar-refractivity contribution in [2.24, 2.45) is 0 Å². The van der Waals surface area contributed by atoms with Crippen LogP contribution in [0.4, 0.5) is 11.5 Å². The van der Waals surface area contributed by atoms with Crippen molar-refractivity contribution in [2.75, 3.05) is 17.6 Å². The highest BCUT2D eigenvalue weighted by Crippen LogP contribution is 2.10. The first-order valence-corrected chi connectivity index (χ1v) is 6.45. The number of anilines is 2. The second kappa shape index (κ2) is 6.09. The Labute approximate surface area is 115 Å². The molecule has 0 aliphatic carbocycles. The van der Waals surface area contributed by atoms with E-state index in [1.807, 2.05) is 17.7 Å². The summed E-state index contributed by atoms with van der Waals surface area (Å²) in [7, 11) is 0. The first kappa shape index (κ1) is 13.9. The van der Waals surface area contributed by atoms with E-state index in [-0.39, 0.29) is 11.5 Å². The van der Waals surface area contributed by atoms with Crippen molar-refractivity contribution in [3.8, 4) is 0 Å². The summed E-state index contributed by atoms with van der Waals surface area (Å²) < 4.78 is 3.24. The fourth-order valence-electron chi connectivity index (χ4n) is 1.93. The van der Waals surface area contributed by atoms with E-state index in [9.17, 15) is 9.59 Å². The maximum absolute atomic E-state index is 11.8. The Balaban J connectivity index is 2.16. The van der Waals surface area contributed by atoms with E-state index >= 15 is 0 Å².